The van der Waals surface area contributed by atoms with E-state index in [1.54, 1.807) is 12.1 Å². The van der Waals surface area contributed by atoms with Crippen LogP contribution in [0.3, 0.4) is 0 Å². The lowest BCUT2D eigenvalue weighted by molar-refractivity contribution is -0.384. The highest BCUT2D eigenvalue weighted by atomic mass is 35.5. The monoisotopic (exact) mass is 420 g/mol. The fourth-order valence-electron chi connectivity index (χ4n) is 2.27. The van der Waals surface area contributed by atoms with E-state index in [0.29, 0.717) is 17.1 Å². The number of benzene rings is 1. The maximum absolute atomic E-state index is 11.8. The van der Waals surface area contributed by atoms with Gasteiger partial charge in [-0.05, 0) is 28.6 Å². The molecule has 0 aliphatic rings. The van der Waals surface area contributed by atoms with Crippen molar-refractivity contribution in [2.24, 2.45) is 5.10 Å². The summed E-state index contributed by atoms with van der Waals surface area (Å²) in [4.78, 5) is 22.2. The second-order valence-electron chi connectivity index (χ2n) is 5.45. The van der Waals surface area contributed by atoms with Gasteiger partial charge in [0.15, 0.2) is 0 Å². The van der Waals surface area contributed by atoms with E-state index < -0.39 is 10.8 Å². The van der Waals surface area contributed by atoms with Gasteiger partial charge in [-0.2, -0.15) is 5.10 Å². The predicted octanol–water partition coefficient (Wildman–Crippen LogP) is 1.24. The molecule has 0 fully saturated rings. The van der Waals surface area contributed by atoms with E-state index in [1.807, 2.05) is 0 Å². The Bertz CT molecular complexity index is 1090. The minimum absolute atomic E-state index is 0.00416. The minimum atomic E-state index is -0.611. The van der Waals surface area contributed by atoms with Crippen LogP contribution in [0.25, 0.3) is 11.3 Å². The summed E-state index contributed by atoms with van der Waals surface area (Å²) in [6, 6.07) is 5.76. The molecule has 29 heavy (non-hydrogen) atoms. The van der Waals surface area contributed by atoms with Gasteiger partial charge in [0.2, 0.25) is 5.95 Å². The van der Waals surface area contributed by atoms with Crippen molar-refractivity contribution in [1.29, 1.82) is 0 Å². The van der Waals surface area contributed by atoms with Gasteiger partial charge in [-0.3, -0.25) is 14.9 Å². The number of rotatable bonds is 7. The van der Waals surface area contributed by atoms with E-state index in [4.69, 9.17) is 26.5 Å². The number of hydrogen-bond donors (Lipinski definition) is 2. The molecule has 0 bridgehead atoms. The Kier molecular flexibility index (Phi) is 5.69. The summed E-state index contributed by atoms with van der Waals surface area (Å²) >= 11 is 5.96. The third-order valence-electron chi connectivity index (χ3n) is 3.59. The molecule has 0 spiro atoms. The summed E-state index contributed by atoms with van der Waals surface area (Å²) in [5, 5.41) is 25.0. The van der Waals surface area contributed by atoms with Crippen molar-refractivity contribution in [2.75, 3.05) is 12.8 Å². The van der Waals surface area contributed by atoms with Crippen LogP contribution in [-0.4, -0.2) is 44.4 Å². The Morgan fingerprint density at radius 2 is 2.31 bits per heavy atom. The van der Waals surface area contributed by atoms with Gasteiger partial charge in [0.05, 0.1) is 29.9 Å². The van der Waals surface area contributed by atoms with Crippen LogP contribution < -0.4 is 15.9 Å². The molecule has 0 atom stereocenters. The van der Waals surface area contributed by atoms with E-state index in [1.165, 1.54) is 25.5 Å². The van der Waals surface area contributed by atoms with Crippen molar-refractivity contribution >= 4 is 35.4 Å². The lowest BCUT2D eigenvalue weighted by Crippen LogP contribution is -2.24. The van der Waals surface area contributed by atoms with Gasteiger partial charge >= 0.3 is 0 Å². The van der Waals surface area contributed by atoms with E-state index in [0.717, 1.165) is 4.68 Å². The van der Waals surface area contributed by atoms with Crippen molar-refractivity contribution in [2.45, 2.75) is 6.54 Å². The zero-order valence-corrected chi connectivity index (χ0v) is 15.5. The number of nitro groups is 1. The maximum Gasteiger partial charge on any atom is 0.291 e. The van der Waals surface area contributed by atoms with Gasteiger partial charge in [0.1, 0.15) is 28.8 Å². The minimum Gasteiger partial charge on any atom is -0.496 e. The first-order chi connectivity index (χ1) is 13.9. The number of amides is 1. The molecular weight excluding hydrogens is 408 g/mol. The van der Waals surface area contributed by atoms with Gasteiger partial charge in [-0.15, -0.1) is 0 Å². The summed E-state index contributed by atoms with van der Waals surface area (Å²) in [6.07, 6.45) is 1.27. The molecule has 1 amide bonds. The maximum atomic E-state index is 11.8. The molecule has 150 valence electrons. The molecule has 3 aromatic rings. The zero-order chi connectivity index (χ0) is 21.0. The second-order valence-corrected chi connectivity index (χ2v) is 5.86. The molecular formula is C15H13ClN8O5. The number of aromatic nitrogens is 4. The molecule has 2 aromatic heterocycles. The number of carbonyl (C=O) groups is 1. The summed E-state index contributed by atoms with van der Waals surface area (Å²) in [5.41, 5.74) is 7.87. The molecule has 0 saturated heterocycles. The summed E-state index contributed by atoms with van der Waals surface area (Å²) in [7, 11) is 1.37. The van der Waals surface area contributed by atoms with Crippen LogP contribution in [0.1, 0.15) is 5.76 Å². The number of nitrogens with zero attached hydrogens (tertiary/aromatic N) is 6. The smallest absolute Gasteiger partial charge is 0.291 e. The molecule has 0 radical (unpaired) electrons. The molecule has 0 aliphatic heterocycles. The first-order valence-corrected chi connectivity index (χ1v) is 8.22. The molecule has 0 aliphatic carbocycles. The highest BCUT2D eigenvalue weighted by Crippen LogP contribution is 2.38. The Balaban J connectivity index is 1.71. The zero-order valence-electron chi connectivity index (χ0n) is 14.8. The number of anilines is 1. The number of nitrogens with two attached hydrogens (primary N) is 1. The molecule has 2 heterocycles. The standard InChI is InChI=1S/C15H13ClN8O5/c1-28-13-5-11(24(26)27)10(16)4-9(13)12-3-2-8(29-12)6-18-19-14(25)7-23-15(17)20-21-22-23/h2-6H,7H2,1H3,(H,19,25)(H2,17,20,22)/b18-6-. The fraction of sp³-hybridized carbons (Fsp3) is 0.133. The van der Waals surface area contributed by atoms with E-state index in [2.05, 4.69) is 26.1 Å². The van der Waals surface area contributed by atoms with Gasteiger partial charge in [0.25, 0.3) is 11.6 Å². The van der Waals surface area contributed by atoms with Crippen LogP contribution in [0.15, 0.2) is 33.8 Å². The number of nitrogen functional groups attached to an aromatic ring is 1. The van der Waals surface area contributed by atoms with Crippen LogP contribution in [-0.2, 0) is 11.3 Å². The van der Waals surface area contributed by atoms with Crippen molar-refractivity contribution in [3.8, 4) is 17.1 Å². The van der Waals surface area contributed by atoms with Crippen LogP contribution >= 0.6 is 11.6 Å². The second kappa shape index (κ2) is 8.35. The Morgan fingerprint density at radius 1 is 1.52 bits per heavy atom. The number of tetrazole rings is 1. The van der Waals surface area contributed by atoms with Crippen LogP contribution in [0.4, 0.5) is 11.6 Å². The first-order valence-electron chi connectivity index (χ1n) is 7.84. The molecule has 0 saturated carbocycles. The number of carbonyl (C=O) groups excluding carboxylic acids is 1. The lowest BCUT2D eigenvalue weighted by Gasteiger charge is -2.07. The Labute approximate surface area is 167 Å². The quantitative estimate of drug-likeness (QED) is 0.323. The average molecular weight is 421 g/mol. The molecule has 3 N–H and O–H groups in total. The van der Waals surface area contributed by atoms with Gasteiger partial charge in [-0.1, -0.05) is 16.7 Å². The Morgan fingerprint density at radius 3 is 2.97 bits per heavy atom. The fourth-order valence-corrected chi connectivity index (χ4v) is 2.51. The van der Waals surface area contributed by atoms with Gasteiger partial charge < -0.3 is 14.9 Å². The normalized spacial score (nSPS) is 11.0. The molecule has 14 heteroatoms. The summed E-state index contributed by atoms with van der Waals surface area (Å²) < 4.78 is 11.9. The van der Waals surface area contributed by atoms with Crippen LogP contribution in [0.5, 0.6) is 5.75 Å². The SMILES string of the molecule is COc1cc([N+](=O)[O-])c(Cl)cc1-c1ccc(/C=N\NC(=O)Cn2nnnc2N)o1. The number of hydrazone groups is 1. The molecule has 3 rings (SSSR count). The highest BCUT2D eigenvalue weighted by molar-refractivity contribution is 6.33. The number of methoxy groups -OCH3 is 1. The van der Waals surface area contributed by atoms with Gasteiger partial charge in [0, 0.05) is 0 Å². The lowest BCUT2D eigenvalue weighted by atomic mass is 10.1. The summed E-state index contributed by atoms with van der Waals surface area (Å²) in [5.74, 6) is 0.351. The van der Waals surface area contributed by atoms with Crippen LogP contribution in [0, 0.1) is 10.1 Å². The topological polar surface area (TPSA) is 177 Å². The van der Waals surface area contributed by atoms with Gasteiger partial charge in [-0.25, -0.2) is 10.1 Å². The summed E-state index contributed by atoms with van der Waals surface area (Å²) in [6.45, 7) is -0.210. The van der Waals surface area contributed by atoms with Crippen molar-refractivity contribution in [3.63, 3.8) is 0 Å². The number of hydrogen-bond acceptors (Lipinski definition) is 10. The van der Waals surface area contributed by atoms with Crippen molar-refractivity contribution in [3.05, 3.63) is 45.2 Å². The average Bonchev–Trinajstić information content (AvgIpc) is 3.30. The number of halogens is 1. The molecule has 13 nitrogen and oxygen atoms in total. The number of furan rings is 1. The largest absolute Gasteiger partial charge is 0.496 e. The number of nitrogens with one attached hydrogen (secondary N) is 1. The Hall–Kier alpha value is -4.00. The third-order valence-corrected chi connectivity index (χ3v) is 3.89. The molecule has 1 aromatic carbocycles. The van der Waals surface area contributed by atoms with Crippen molar-refractivity contribution in [1.82, 2.24) is 25.6 Å². The number of nitro benzene ring substituents is 1. The van der Waals surface area contributed by atoms with E-state index in [9.17, 15) is 14.9 Å². The molecule has 0 unspecified atom stereocenters. The third kappa shape index (κ3) is 4.47. The highest BCUT2D eigenvalue weighted by Gasteiger charge is 2.20. The van der Waals surface area contributed by atoms with E-state index >= 15 is 0 Å². The van der Waals surface area contributed by atoms with Crippen LogP contribution in [0.2, 0.25) is 5.02 Å². The number of ether oxygens (including phenoxy) is 1. The predicted molar refractivity (Wildman–Crippen MR) is 100 cm³/mol. The van der Waals surface area contributed by atoms with Crippen molar-refractivity contribution < 1.29 is 18.9 Å². The van der Waals surface area contributed by atoms with E-state index in [-0.39, 0.29) is 29.0 Å². The first kappa shape index (κ1) is 19.8.